The lowest BCUT2D eigenvalue weighted by atomic mass is 10.0. The highest BCUT2D eigenvalue weighted by Crippen LogP contribution is 2.14. The van der Waals surface area contributed by atoms with Crippen molar-refractivity contribution in [3.05, 3.63) is 42.1 Å². The summed E-state index contributed by atoms with van der Waals surface area (Å²) in [6.45, 7) is 5.51. The Balaban J connectivity index is 1.74. The number of carbonyl (C=O) groups is 3. The van der Waals surface area contributed by atoms with Crippen LogP contribution in [0.3, 0.4) is 0 Å². The third-order valence-electron chi connectivity index (χ3n) is 4.88. The summed E-state index contributed by atoms with van der Waals surface area (Å²) in [5.41, 5.74) is 3.52. The van der Waals surface area contributed by atoms with E-state index in [2.05, 4.69) is 15.7 Å². The van der Waals surface area contributed by atoms with Crippen LogP contribution >= 0.6 is 0 Å². The summed E-state index contributed by atoms with van der Waals surface area (Å²) >= 11 is 0. The van der Waals surface area contributed by atoms with Gasteiger partial charge >= 0.3 is 0 Å². The molecule has 30 heavy (non-hydrogen) atoms. The van der Waals surface area contributed by atoms with Crippen LogP contribution < -0.4 is 10.7 Å². The Morgan fingerprint density at radius 2 is 1.87 bits per heavy atom. The van der Waals surface area contributed by atoms with Crippen molar-refractivity contribution in [1.29, 1.82) is 0 Å². The van der Waals surface area contributed by atoms with Crippen molar-refractivity contribution in [2.24, 2.45) is 5.92 Å². The summed E-state index contributed by atoms with van der Waals surface area (Å²) in [6.07, 6.45) is -0.805. The number of amides is 3. The van der Waals surface area contributed by atoms with E-state index in [-0.39, 0.29) is 43.2 Å². The number of benzene rings is 1. The van der Waals surface area contributed by atoms with Crippen molar-refractivity contribution in [1.82, 2.24) is 25.6 Å². The van der Waals surface area contributed by atoms with Crippen molar-refractivity contribution in [3.63, 3.8) is 0 Å². The average Bonchev–Trinajstić information content (AvgIpc) is 2.69. The Kier molecular flexibility index (Phi) is 6.63. The molecule has 1 aliphatic heterocycles. The number of aliphatic hydroxyl groups excluding tert-OH is 1. The first-order chi connectivity index (χ1) is 14.2. The number of nitrogens with zero attached hydrogens (tertiary/aromatic N) is 3. The second kappa shape index (κ2) is 9.19. The van der Waals surface area contributed by atoms with Gasteiger partial charge in [0, 0.05) is 25.4 Å². The van der Waals surface area contributed by atoms with Crippen LogP contribution in [0, 0.1) is 5.92 Å². The summed E-state index contributed by atoms with van der Waals surface area (Å²) in [7, 11) is 0. The summed E-state index contributed by atoms with van der Waals surface area (Å²) in [6, 6.07) is 10.1. The fraction of sp³-hybridized carbons (Fsp3) is 0.429. The molecule has 1 saturated heterocycles. The van der Waals surface area contributed by atoms with Gasteiger partial charge in [-0.2, -0.15) is 5.01 Å². The molecule has 1 aromatic carbocycles. The molecule has 3 amide bonds. The average molecular weight is 413 g/mol. The Morgan fingerprint density at radius 3 is 2.57 bits per heavy atom. The molecule has 3 rings (SSSR count). The number of pyridine rings is 1. The van der Waals surface area contributed by atoms with E-state index in [0.717, 1.165) is 5.39 Å². The maximum atomic E-state index is 13.1. The van der Waals surface area contributed by atoms with Crippen LogP contribution in [-0.4, -0.2) is 69.6 Å². The van der Waals surface area contributed by atoms with Gasteiger partial charge in [0.2, 0.25) is 11.8 Å². The van der Waals surface area contributed by atoms with Crippen molar-refractivity contribution >= 4 is 28.6 Å². The topological polar surface area (TPSA) is 115 Å². The second-order valence-electron chi connectivity index (χ2n) is 7.83. The summed E-state index contributed by atoms with van der Waals surface area (Å²) in [5, 5.41) is 15.3. The normalized spacial score (nSPS) is 18.3. The molecule has 0 saturated carbocycles. The lowest BCUT2D eigenvalue weighted by Gasteiger charge is -2.39. The summed E-state index contributed by atoms with van der Waals surface area (Å²) < 4.78 is 0. The zero-order valence-electron chi connectivity index (χ0n) is 17.3. The minimum atomic E-state index is -0.805. The van der Waals surface area contributed by atoms with E-state index in [1.165, 1.54) is 16.8 Å². The molecular formula is C21H27N5O4. The van der Waals surface area contributed by atoms with Crippen LogP contribution in [0.2, 0.25) is 0 Å². The molecule has 0 aliphatic carbocycles. The molecule has 160 valence electrons. The number of β-amino-alcohol motifs (C(OH)–C–C–N with tert-alkyl or cyclic N) is 1. The fourth-order valence-electron chi connectivity index (χ4n) is 3.47. The van der Waals surface area contributed by atoms with Gasteiger partial charge in [-0.05, 0) is 18.1 Å². The van der Waals surface area contributed by atoms with Crippen molar-refractivity contribution in [2.45, 2.75) is 32.9 Å². The summed E-state index contributed by atoms with van der Waals surface area (Å²) in [5.74, 6) is -1.24. The van der Waals surface area contributed by atoms with Crippen LogP contribution in [0.4, 0.5) is 0 Å². The number of hydrazine groups is 1. The third-order valence-corrected chi connectivity index (χ3v) is 4.88. The molecular weight excluding hydrogens is 386 g/mol. The van der Waals surface area contributed by atoms with E-state index in [0.29, 0.717) is 5.52 Å². The Morgan fingerprint density at radius 1 is 1.13 bits per heavy atom. The summed E-state index contributed by atoms with van der Waals surface area (Å²) in [4.78, 5) is 43.1. The molecule has 2 unspecified atom stereocenters. The van der Waals surface area contributed by atoms with Gasteiger partial charge in [-0.1, -0.05) is 38.1 Å². The molecule has 2 aromatic rings. The highest BCUT2D eigenvalue weighted by molar-refractivity contribution is 5.98. The maximum absolute atomic E-state index is 13.1. The molecule has 0 radical (unpaired) electrons. The fourth-order valence-corrected chi connectivity index (χ4v) is 3.47. The van der Waals surface area contributed by atoms with Gasteiger partial charge in [0.25, 0.3) is 5.91 Å². The van der Waals surface area contributed by atoms with E-state index < -0.39 is 18.1 Å². The quantitative estimate of drug-likeness (QED) is 0.658. The Hall–Kier alpha value is -3.04. The number of hydrogen-bond donors (Lipinski definition) is 3. The van der Waals surface area contributed by atoms with Gasteiger partial charge in [0.05, 0.1) is 18.3 Å². The number of aromatic nitrogens is 1. The van der Waals surface area contributed by atoms with Gasteiger partial charge in [0.15, 0.2) is 0 Å². The Labute approximate surface area is 175 Å². The van der Waals surface area contributed by atoms with Crippen molar-refractivity contribution in [2.75, 3.05) is 19.8 Å². The van der Waals surface area contributed by atoms with Gasteiger partial charge in [-0.25, -0.2) is 4.98 Å². The van der Waals surface area contributed by atoms with Gasteiger partial charge in [-0.3, -0.25) is 19.8 Å². The second-order valence-corrected chi connectivity index (χ2v) is 7.83. The predicted octanol–water partition coefficient (Wildman–Crippen LogP) is 0.503. The lowest BCUT2D eigenvalue weighted by molar-refractivity contribution is -0.147. The van der Waals surface area contributed by atoms with Gasteiger partial charge in [-0.15, -0.1) is 0 Å². The molecule has 9 nitrogen and oxygen atoms in total. The van der Waals surface area contributed by atoms with Crippen LogP contribution in [0.5, 0.6) is 0 Å². The highest BCUT2D eigenvalue weighted by atomic mass is 16.3. The van der Waals surface area contributed by atoms with Gasteiger partial charge < -0.3 is 15.3 Å². The molecule has 0 spiro atoms. The first kappa shape index (κ1) is 21.7. The number of aliphatic hydroxyl groups is 1. The molecule has 0 bridgehead atoms. The van der Waals surface area contributed by atoms with Crippen molar-refractivity contribution in [3.8, 4) is 0 Å². The molecule has 2 atom stereocenters. The number of nitrogens with one attached hydrogen (secondary N) is 2. The van der Waals surface area contributed by atoms with Crippen LogP contribution in [0.1, 0.15) is 31.3 Å². The van der Waals surface area contributed by atoms with E-state index >= 15 is 0 Å². The van der Waals surface area contributed by atoms with Crippen LogP contribution in [0.25, 0.3) is 10.9 Å². The van der Waals surface area contributed by atoms with E-state index in [1.54, 1.807) is 6.07 Å². The Bertz CT molecular complexity index is 948. The van der Waals surface area contributed by atoms with Crippen LogP contribution in [0.15, 0.2) is 36.4 Å². The number of rotatable bonds is 5. The monoisotopic (exact) mass is 413 g/mol. The molecule has 1 fully saturated rings. The third kappa shape index (κ3) is 5.11. The number of hydrogen-bond acceptors (Lipinski definition) is 6. The number of carbonyl (C=O) groups excluding carboxylic acids is 3. The predicted molar refractivity (Wildman–Crippen MR) is 111 cm³/mol. The minimum Gasteiger partial charge on any atom is -0.390 e. The zero-order valence-corrected chi connectivity index (χ0v) is 17.3. The highest BCUT2D eigenvalue weighted by Gasteiger charge is 2.34. The van der Waals surface area contributed by atoms with E-state index in [4.69, 9.17) is 0 Å². The largest absolute Gasteiger partial charge is 0.390 e. The number of para-hydroxylation sites is 1. The smallest absolute Gasteiger partial charge is 0.270 e. The van der Waals surface area contributed by atoms with Crippen LogP contribution in [-0.2, 0) is 9.59 Å². The van der Waals surface area contributed by atoms with E-state index in [1.807, 2.05) is 44.2 Å². The molecule has 2 heterocycles. The zero-order chi connectivity index (χ0) is 21.8. The first-order valence-corrected chi connectivity index (χ1v) is 9.90. The maximum Gasteiger partial charge on any atom is 0.270 e. The molecule has 3 N–H and O–H groups in total. The van der Waals surface area contributed by atoms with Gasteiger partial charge in [0.1, 0.15) is 11.7 Å². The molecule has 1 aliphatic rings. The standard InChI is InChI=1S/C21H27N5O4/c1-13(2)19(21(30)25-10-16(28)11-26(12-25)24-14(3)27)23-20(29)18-9-8-15-6-4-5-7-17(15)22-18/h4-9,13,16,19,28H,10-12H2,1-3H3,(H,23,29)(H,24,27). The molecule has 9 heteroatoms. The SMILES string of the molecule is CC(=O)NN1CC(O)CN(C(=O)C(NC(=O)c2ccc3ccccc3n2)C(C)C)C1. The lowest BCUT2D eigenvalue weighted by Crippen LogP contribution is -2.62. The van der Waals surface area contributed by atoms with E-state index in [9.17, 15) is 19.5 Å². The van der Waals surface area contributed by atoms with Crippen molar-refractivity contribution < 1.29 is 19.5 Å². The molecule has 1 aromatic heterocycles. The minimum absolute atomic E-state index is 0.127. The number of fused-ring (bicyclic) bond motifs is 1. The first-order valence-electron chi connectivity index (χ1n) is 9.90.